The number of nitrogens with one attached hydrogen (secondary N) is 3. The molecule has 0 bridgehead atoms. The van der Waals surface area contributed by atoms with Gasteiger partial charge in [0.1, 0.15) is 11.6 Å². The molecule has 1 aromatic rings. The molecule has 2 amide bonds. The molecule has 0 unspecified atom stereocenters. The van der Waals surface area contributed by atoms with Crippen molar-refractivity contribution >= 4 is 23.4 Å². The zero-order valence-electron chi connectivity index (χ0n) is 18.0. The third-order valence-electron chi connectivity index (χ3n) is 6.23. The molecule has 1 aliphatic heterocycles. The Morgan fingerprint density at radius 1 is 1.12 bits per heavy atom. The maximum Gasteiger partial charge on any atom is 0.391 e. The highest BCUT2D eigenvalue weighted by molar-refractivity contribution is 6.30. The van der Waals surface area contributed by atoms with Crippen LogP contribution in [0.2, 0.25) is 5.02 Å². The molecule has 2 fully saturated rings. The average Bonchev–Trinajstić information content (AvgIpc) is 2.78. The Kier molecular flexibility index (Phi) is 8.81. The number of piperidine rings is 1. The Morgan fingerprint density at radius 2 is 1.85 bits per heavy atom. The summed E-state index contributed by atoms with van der Waals surface area (Å²) in [4.78, 5) is 24.5. The van der Waals surface area contributed by atoms with Gasteiger partial charge in [0.2, 0.25) is 5.91 Å². The SMILES string of the molecule is O=C(COc1ccc(Cl)c(F)c1)N[C@H]1CC[C@H](C(=O)NC[C@H]2CC[C@@H](C(F)(F)F)CC2)NC1. The molecule has 0 radical (unpaired) electrons. The van der Waals surface area contributed by atoms with E-state index in [2.05, 4.69) is 16.0 Å². The zero-order valence-corrected chi connectivity index (χ0v) is 18.8. The average molecular weight is 494 g/mol. The summed E-state index contributed by atoms with van der Waals surface area (Å²) in [7, 11) is 0. The molecule has 0 spiro atoms. The van der Waals surface area contributed by atoms with Crippen LogP contribution >= 0.6 is 11.6 Å². The molecule has 1 saturated carbocycles. The van der Waals surface area contributed by atoms with Crippen molar-refractivity contribution in [2.24, 2.45) is 11.8 Å². The summed E-state index contributed by atoms with van der Waals surface area (Å²) in [5.74, 6) is -2.14. The van der Waals surface area contributed by atoms with E-state index in [-0.39, 0.29) is 54.0 Å². The summed E-state index contributed by atoms with van der Waals surface area (Å²) in [5, 5.41) is 8.71. The number of hydrogen-bond donors (Lipinski definition) is 3. The molecule has 2 atom stereocenters. The maximum absolute atomic E-state index is 13.4. The summed E-state index contributed by atoms with van der Waals surface area (Å²) in [6.07, 6.45) is -1.88. The largest absolute Gasteiger partial charge is 0.484 e. The highest BCUT2D eigenvalue weighted by atomic mass is 35.5. The summed E-state index contributed by atoms with van der Waals surface area (Å²) >= 11 is 5.60. The fourth-order valence-electron chi connectivity index (χ4n) is 4.25. The molecule has 1 saturated heterocycles. The number of alkyl halides is 3. The molecule has 3 rings (SSSR count). The molecule has 1 aromatic carbocycles. The van der Waals surface area contributed by atoms with E-state index < -0.39 is 24.0 Å². The lowest BCUT2D eigenvalue weighted by Crippen LogP contribution is -2.55. The highest BCUT2D eigenvalue weighted by Crippen LogP contribution is 2.39. The molecule has 2 aliphatic rings. The van der Waals surface area contributed by atoms with E-state index in [0.717, 1.165) is 6.07 Å². The predicted octanol–water partition coefficient (Wildman–Crippen LogP) is 3.58. The number of benzene rings is 1. The van der Waals surface area contributed by atoms with Crippen LogP contribution < -0.4 is 20.7 Å². The molecule has 184 valence electrons. The second-order valence-electron chi connectivity index (χ2n) is 8.67. The van der Waals surface area contributed by atoms with E-state index in [1.165, 1.54) is 12.1 Å². The van der Waals surface area contributed by atoms with E-state index in [9.17, 15) is 27.2 Å². The predicted molar refractivity (Wildman–Crippen MR) is 114 cm³/mol. The lowest BCUT2D eigenvalue weighted by Gasteiger charge is -2.32. The smallest absolute Gasteiger partial charge is 0.391 e. The van der Waals surface area contributed by atoms with Crippen LogP contribution in [0.4, 0.5) is 17.6 Å². The quantitative estimate of drug-likeness (QED) is 0.507. The lowest BCUT2D eigenvalue weighted by atomic mass is 9.81. The first-order chi connectivity index (χ1) is 15.6. The van der Waals surface area contributed by atoms with Gasteiger partial charge in [-0.15, -0.1) is 0 Å². The Bertz CT molecular complexity index is 824. The fraction of sp³-hybridized carbons (Fsp3) is 0.636. The second-order valence-corrected chi connectivity index (χ2v) is 9.08. The van der Waals surface area contributed by atoms with Crippen molar-refractivity contribution in [3.05, 3.63) is 29.0 Å². The lowest BCUT2D eigenvalue weighted by molar-refractivity contribution is -0.183. The van der Waals surface area contributed by atoms with Crippen LogP contribution in [0.1, 0.15) is 38.5 Å². The van der Waals surface area contributed by atoms with E-state index in [1.54, 1.807) is 0 Å². The van der Waals surface area contributed by atoms with Crippen molar-refractivity contribution < 1.29 is 31.9 Å². The van der Waals surface area contributed by atoms with Crippen LogP contribution in [-0.2, 0) is 9.59 Å². The minimum absolute atomic E-state index is 0.0347. The van der Waals surface area contributed by atoms with Crippen molar-refractivity contribution in [1.29, 1.82) is 0 Å². The van der Waals surface area contributed by atoms with Gasteiger partial charge in [0.15, 0.2) is 6.61 Å². The van der Waals surface area contributed by atoms with Gasteiger partial charge in [-0.05, 0) is 56.6 Å². The standard InChI is InChI=1S/C22H28ClF4N3O3/c23-17-7-6-16(9-18(17)24)33-12-20(31)30-15-5-8-19(28-11-15)21(32)29-10-13-1-3-14(4-2-13)22(25,26)27/h6-7,9,13-15,19,28H,1-5,8,10-12H2,(H,29,32)(H,30,31)/t13-,14+,15-,19+/m0/s1. The van der Waals surface area contributed by atoms with E-state index in [1.807, 2.05) is 0 Å². The molecule has 11 heteroatoms. The van der Waals surface area contributed by atoms with Gasteiger partial charge in [0.05, 0.1) is 17.0 Å². The van der Waals surface area contributed by atoms with Crippen LogP contribution in [0.15, 0.2) is 18.2 Å². The number of hydrogen-bond acceptors (Lipinski definition) is 4. The normalized spacial score (nSPS) is 25.8. The molecular weight excluding hydrogens is 466 g/mol. The summed E-state index contributed by atoms with van der Waals surface area (Å²) < 4.78 is 56.9. The minimum atomic E-state index is -4.13. The Labute approximate surface area is 194 Å². The topological polar surface area (TPSA) is 79.5 Å². The molecule has 33 heavy (non-hydrogen) atoms. The molecular formula is C22H28ClF4N3O3. The number of rotatable bonds is 7. The summed E-state index contributed by atoms with van der Waals surface area (Å²) in [6.45, 7) is 0.499. The van der Waals surface area contributed by atoms with Gasteiger partial charge in [0.25, 0.3) is 5.91 Å². The van der Waals surface area contributed by atoms with Gasteiger partial charge in [-0.1, -0.05) is 11.6 Å². The number of amides is 2. The van der Waals surface area contributed by atoms with Crippen molar-refractivity contribution in [2.45, 2.75) is 56.8 Å². The van der Waals surface area contributed by atoms with Crippen LogP contribution in [-0.4, -0.2) is 49.8 Å². The monoisotopic (exact) mass is 493 g/mol. The van der Waals surface area contributed by atoms with Gasteiger partial charge in [-0.3, -0.25) is 9.59 Å². The number of carbonyl (C=O) groups is 2. The van der Waals surface area contributed by atoms with Gasteiger partial charge in [0, 0.05) is 25.2 Å². The first-order valence-corrected chi connectivity index (χ1v) is 11.4. The van der Waals surface area contributed by atoms with Crippen molar-refractivity contribution in [1.82, 2.24) is 16.0 Å². The second kappa shape index (κ2) is 11.4. The maximum atomic E-state index is 13.4. The molecule has 1 heterocycles. The van der Waals surface area contributed by atoms with Gasteiger partial charge in [-0.25, -0.2) is 4.39 Å². The van der Waals surface area contributed by atoms with Crippen molar-refractivity contribution in [3.63, 3.8) is 0 Å². The number of ether oxygens (including phenoxy) is 1. The zero-order chi connectivity index (χ0) is 24.0. The minimum Gasteiger partial charge on any atom is -0.484 e. The molecule has 6 nitrogen and oxygen atoms in total. The van der Waals surface area contributed by atoms with Crippen molar-refractivity contribution in [3.8, 4) is 5.75 Å². The number of halogens is 5. The van der Waals surface area contributed by atoms with Gasteiger partial charge >= 0.3 is 6.18 Å². The Morgan fingerprint density at radius 3 is 2.45 bits per heavy atom. The fourth-order valence-corrected chi connectivity index (χ4v) is 4.37. The van der Waals surface area contributed by atoms with Gasteiger partial charge < -0.3 is 20.7 Å². The van der Waals surface area contributed by atoms with E-state index >= 15 is 0 Å². The Hall–Kier alpha value is -2.07. The molecule has 0 aromatic heterocycles. The molecule has 3 N–H and O–H groups in total. The van der Waals surface area contributed by atoms with Crippen LogP contribution in [0, 0.1) is 17.7 Å². The van der Waals surface area contributed by atoms with Crippen molar-refractivity contribution in [2.75, 3.05) is 19.7 Å². The molecule has 1 aliphatic carbocycles. The van der Waals surface area contributed by atoms with Crippen LogP contribution in [0.3, 0.4) is 0 Å². The first-order valence-electron chi connectivity index (χ1n) is 11.1. The summed E-state index contributed by atoms with van der Waals surface area (Å²) in [6, 6.07) is 3.32. The first kappa shape index (κ1) is 25.6. The third kappa shape index (κ3) is 7.74. The summed E-state index contributed by atoms with van der Waals surface area (Å²) in [5.41, 5.74) is 0. The number of carbonyl (C=O) groups excluding carboxylic acids is 2. The van der Waals surface area contributed by atoms with Crippen LogP contribution in [0.5, 0.6) is 5.75 Å². The van der Waals surface area contributed by atoms with Crippen LogP contribution in [0.25, 0.3) is 0 Å². The highest BCUT2D eigenvalue weighted by Gasteiger charge is 2.41. The Balaban J connectivity index is 1.31. The third-order valence-corrected chi connectivity index (χ3v) is 6.54. The van der Waals surface area contributed by atoms with Gasteiger partial charge in [-0.2, -0.15) is 13.2 Å². The van der Waals surface area contributed by atoms with E-state index in [4.69, 9.17) is 16.3 Å². The van der Waals surface area contributed by atoms with E-state index in [0.29, 0.717) is 38.8 Å².